The number of aryl methyl sites for hydroxylation is 4. The number of fused-ring (bicyclic) bond motifs is 2. The number of hydrogen-bond donors (Lipinski definition) is 0. The molecule has 0 saturated heterocycles. The molecule has 7 aromatic rings. The predicted octanol–water partition coefficient (Wildman–Crippen LogP) is 9.79. The number of benzene rings is 7. The van der Waals surface area contributed by atoms with Crippen LogP contribution in [0.1, 0.15) is 82.1 Å². The van der Waals surface area contributed by atoms with Gasteiger partial charge in [-0.05, 0) is 113 Å². The summed E-state index contributed by atoms with van der Waals surface area (Å²) >= 11 is 0. The van der Waals surface area contributed by atoms with Gasteiger partial charge in [0.25, 0.3) is 11.8 Å². The van der Waals surface area contributed by atoms with E-state index in [9.17, 15) is 19.2 Å². The Morgan fingerprint density at radius 3 is 1.51 bits per heavy atom. The Kier molecular flexibility index (Phi) is 6.26. The van der Waals surface area contributed by atoms with Crippen LogP contribution < -0.4 is 4.90 Å². The quantitative estimate of drug-likeness (QED) is 0.109. The topological polar surface area (TPSA) is 71.5 Å². The van der Waals surface area contributed by atoms with Crippen molar-refractivity contribution in [3.05, 3.63) is 135 Å². The highest BCUT2D eigenvalue weighted by Gasteiger charge is 2.37. The summed E-state index contributed by atoms with van der Waals surface area (Å²) in [5.41, 5.74) is 8.14. The summed E-state index contributed by atoms with van der Waals surface area (Å²) in [4.78, 5) is 57.9. The van der Waals surface area contributed by atoms with E-state index < -0.39 is 5.92 Å². The van der Waals surface area contributed by atoms with Gasteiger partial charge in [0.15, 0.2) is 11.6 Å². The second-order valence-electron chi connectivity index (χ2n) is 13.9. The normalized spacial score (nSPS) is 16.2. The molecule has 5 heteroatoms. The molecule has 49 heavy (non-hydrogen) atoms. The van der Waals surface area contributed by atoms with Crippen molar-refractivity contribution in [3.63, 3.8) is 0 Å². The zero-order chi connectivity index (χ0) is 33.9. The summed E-state index contributed by atoms with van der Waals surface area (Å²) in [5.74, 6) is -1.08. The molecule has 1 aliphatic carbocycles. The molecular formula is C44H33NO4. The van der Waals surface area contributed by atoms with E-state index in [0.717, 1.165) is 49.9 Å². The second-order valence-corrected chi connectivity index (χ2v) is 13.9. The van der Waals surface area contributed by atoms with Crippen LogP contribution >= 0.6 is 0 Å². The van der Waals surface area contributed by atoms with Gasteiger partial charge < -0.3 is 0 Å². The number of ketones is 2. The molecule has 9 rings (SSSR count). The Bertz CT molecular complexity index is 2550. The third-order valence-corrected chi connectivity index (χ3v) is 11.2. The average Bonchev–Trinajstić information content (AvgIpc) is 3.19. The van der Waals surface area contributed by atoms with E-state index in [-0.39, 0.29) is 29.8 Å². The van der Waals surface area contributed by atoms with E-state index in [1.165, 1.54) is 21.6 Å². The number of Topliss-reactive ketones (excluding diaryl/α,β-unsaturated/α-hetero) is 2. The van der Waals surface area contributed by atoms with Crippen molar-refractivity contribution in [2.75, 3.05) is 4.90 Å². The summed E-state index contributed by atoms with van der Waals surface area (Å²) < 4.78 is 0. The number of hydrogen-bond acceptors (Lipinski definition) is 4. The minimum Gasteiger partial charge on any atom is -0.294 e. The van der Waals surface area contributed by atoms with Gasteiger partial charge in [-0.15, -0.1) is 0 Å². The lowest BCUT2D eigenvalue weighted by Gasteiger charge is -2.30. The van der Waals surface area contributed by atoms with Crippen molar-refractivity contribution >= 4 is 72.2 Å². The van der Waals surface area contributed by atoms with Gasteiger partial charge in [-0.25, -0.2) is 4.90 Å². The Hall–Kier alpha value is -5.68. The number of imide groups is 1. The third kappa shape index (κ3) is 3.99. The minimum absolute atomic E-state index is 0.0128. The second kappa shape index (κ2) is 10.4. The number of nitrogens with zero attached hydrogens (tertiary/aromatic N) is 1. The first-order valence-electron chi connectivity index (χ1n) is 16.9. The number of amides is 2. The molecule has 1 aliphatic heterocycles. The van der Waals surface area contributed by atoms with Crippen molar-refractivity contribution in [2.24, 2.45) is 5.92 Å². The summed E-state index contributed by atoms with van der Waals surface area (Å²) in [5, 5.41) is 6.69. The van der Waals surface area contributed by atoms with Gasteiger partial charge in [-0.3, -0.25) is 19.2 Å². The maximum absolute atomic E-state index is 14.3. The maximum Gasteiger partial charge on any atom is 0.266 e. The van der Waals surface area contributed by atoms with E-state index in [1.54, 1.807) is 0 Å². The third-order valence-electron chi connectivity index (χ3n) is 11.2. The van der Waals surface area contributed by atoms with Gasteiger partial charge in [0, 0.05) is 45.4 Å². The van der Waals surface area contributed by atoms with Crippen LogP contribution in [0, 0.1) is 33.6 Å². The lowest BCUT2D eigenvalue weighted by molar-refractivity contribution is 0.0853. The van der Waals surface area contributed by atoms with Crippen LogP contribution in [-0.2, 0) is 6.42 Å². The Morgan fingerprint density at radius 1 is 0.531 bits per heavy atom. The molecule has 7 aromatic carbocycles. The minimum atomic E-state index is -0.408. The van der Waals surface area contributed by atoms with Crippen molar-refractivity contribution in [1.82, 2.24) is 0 Å². The molecule has 0 bridgehead atoms. The molecule has 0 spiro atoms. The summed E-state index contributed by atoms with van der Waals surface area (Å²) in [6.07, 6.45) is 1.53. The molecule has 0 saturated carbocycles. The molecule has 0 N–H and O–H groups in total. The fraction of sp³-hybridized carbons (Fsp3) is 0.182. The van der Waals surface area contributed by atoms with Gasteiger partial charge >= 0.3 is 0 Å². The first-order valence-corrected chi connectivity index (χ1v) is 16.9. The van der Waals surface area contributed by atoms with Crippen LogP contribution in [0.2, 0.25) is 0 Å². The Labute approximate surface area is 283 Å². The molecule has 238 valence electrons. The van der Waals surface area contributed by atoms with Crippen molar-refractivity contribution < 1.29 is 19.2 Å². The molecule has 0 radical (unpaired) electrons. The maximum atomic E-state index is 14.3. The number of carbonyl (C=O) groups is 4. The SMILES string of the molecule is Cc1cccc(C)c1CCC1CC(=O)c2ccc3c4ccc5c6c(ccc(c7ccc(c2c37)C1=O)c64)C(=O)N(c1c(C)cccc1C)C5=O. The van der Waals surface area contributed by atoms with Crippen LogP contribution in [0.3, 0.4) is 0 Å². The van der Waals surface area contributed by atoms with E-state index in [4.69, 9.17) is 0 Å². The lowest BCUT2D eigenvalue weighted by atomic mass is 9.82. The smallest absolute Gasteiger partial charge is 0.266 e. The Morgan fingerprint density at radius 2 is 0.980 bits per heavy atom. The summed E-state index contributed by atoms with van der Waals surface area (Å²) in [6.45, 7) is 8.03. The van der Waals surface area contributed by atoms with Gasteiger partial charge in [0.2, 0.25) is 0 Å². The van der Waals surface area contributed by atoms with Gasteiger partial charge in [-0.2, -0.15) is 0 Å². The van der Waals surface area contributed by atoms with Crippen molar-refractivity contribution in [2.45, 2.75) is 47.0 Å². The molecule has 1 unspecified atom stereocenters. The Balaban J connectivity index is 1.24. The first kappa shape index (κ1) is 29.5. The van der Waals surface area contributed by atoms with Crippen LogP contribution in [-0.4, -0.2) is 23.4 Å². The molecule has 2 aliphatic rings. The van der Waals surface area contributed by atoms with E-state index >= 15 is 0 Å². The highest BCUT2D eigenvalue weighted by atomic mass is 16.2. The fourth-order valence-corrected chi connectivity index (χ4v) is 8.82. The number of carbonyl (C=O) groups excluding carboxylic acids is 4. The first-order chi connectivity index (χ1) is 23.7. The zero-order valence-electron chi connectivity index (χ0n) is 27.9. The number of anilines is 1. The van der Waals surface area contributed by atoms with E-state index in [2.05, 4.69) is 26.0 Å². The van der Waals surface area contributed by atoms with Gasteiger partial charge in [0.1, 0.15) is 0 Å². The van der Waals surface area contributed by atoms with Crippen molar-refractivity contribution in [3.8, 4) is 0 Å². The van der Waals surface area contributed by atoms with Crippen LogP contribution in [0.4, 0.5) is 5.69 Å². The van der Waals surface area contributed by atoms with E-state index in [0.29, 0.717) is 45.1 Å². The van der Waals surface area contributed by atoms with Gasteiger partial charge in [-0.1, -0.05) is 72.8 Å². The fourth-order valence-electron chi connectivity index (χ4n) is 8.82. The molecule has 1 heterocycles. The number of para-hydroxylation sites is 1. The van der Waals surface area contributed by atoms with Gasteiger partial charge in [0.05, 0.1) is 5.69 Å². The largest absolute Gasteiger partial charge is 0.294 e. The predicted molar refractivity (Wildman–Crippen MR) is 196 cm³/mol. The standard InChI is InChI=1S/C44H33NO4/c1-22-7-5-8-23(2)27(22)12-11-26-21-36(46)32-17-13-28-30-15-19-34-40-35(44(49)45(43(34)48)41-24(3)9-6-10-25(41)4)20-16-31(38(30)40)29-14-18-33(42(26)47)39(32)37(28)29/h5-10,13-20,26H,11-12,21H2,1-4H3. The van der Waals surface area contributed by atoms with Crippen LogP contribution in [0.25, 0.3) is 43.1 Å². The molecule has 0 aromatic heterocycles. The average molecular weight is 640 g/mol. The molecule has 0 fully saturated rings. The monoisotopic (exact) mass is 639 g/mol. The summed E-state index contributed by atoms with van der Waals surface area (Å²) in [7, 11) is 0. The molecule has 2 amide bonds. The summed E-state index contributed by atoms with van der Waals surface area (Å²) in [6, 6.07) is 27.3. The molecule has 5 nitrogen and oxygen atoms in total. The lowest BCUT2D eigenvalue weighted by Crippen LogP contribution is -2.41. The van der Waals surface area contributed by atoms with E-state index in [1.807, 2.05) is 86.6 Å². The highest BCUT2D eigenvalue weighted by molar-refractivity contribution is 6.43. The molecule has 1 atom stereocenters. The molecular weight excluding hydrogens is 606 g/mol. The zero-order valence-corrected chi connectivity index (χ0v) is 27.9. The van der Waals surface area contributed by atoms with Crippen LogP contribution in [0.15, 0.2) is 84.9 Å². The van der Waals surface area contributed by atoms with Crippen molar-refractivity contribution in [1.29, 1.82) is 0 Å². The number of rotatable bonds is 4. The van der Waals surface area contributed by atoms with Crippen LogP contribution in [0.5, 0.6) is 0 Å². The highest BCUT2D eigenvalue weighted by Crippen LogP contribution is 2.47.